The van der Waals surface area contributed by atoms with E-state index < -0.39 is 79.6 Å². The number of fused-ring (bicyclic) bond motifs is 3. The molecule has 4 N–H and O–H groups in total. The monoisotopic (exact) mass is 422 g/mol. The molecule has 0 amide bonds. The number of aliphatic hydroxyl groups excluding tert-OH is 4. The Morgan fingerprint density at radius 2 is 1.34 bits per heavy atom. The van der Waals surface area contributed by atoms with E-state index in [9.17, 15) is 20.4 Å². The van der Waals surface area contributed by atoms with Gasteiger partial charge < -0.3 is 53.6 Å². The summed E-state index contributed by atoms with van der Waals surface area (Å²) in [5.41, 5.74) is 0. The van der Waals surface area contributed by atoms with Crippen molar-refractivity contribution in [3.63, 3.8) is 0 Å². The Morgan fingerprint density at radius 1 is 0.724 bits per heavy atom. The van der Waals surface area contributed by atoms with E-state index in [0.717, 1.165) is 0 Å². The van der Waals surface area contributed by atoms with Crippen molar-refractivity contribution in [2.75, 3.05) is 13.2 Å². The second-order valence-corrected chi connectivity index (χ2v) is 8.74. The third kappa shape index (κ3) is 4.06. The third-order valence-electron chi connectivity index (χ3n) is 5.52. The van der Waals surface area contributed by atoms with Gasteiger partial charge in [-0.05, 0) is 27.7 Å². The Labute approximate surface area is 168 Å². The highest BCUT2D eigenvalue weighted by molar-refractivity contribution is 5.00. The van der Waals surface area contributed by atoms with Crippen LogP contribution in [0.2, 0.25) is 0 Å². The smallest absolute Gasteiger partial charge is 0.190 e. The number of rotatable bonds is 4. The second kappa shape index (κ2) is 7.61. The molecule has 168 valence electrons. The molecule has 10 atom stereocenters. The lowest BCUT2D eigenvalue weighted by atomic mass is 9.98. The standard InChI is InChI=1S/C18H30O11/c1-17(2)26-12-8(25-16-14(13(12)27-17)28-18(3,4)29-16)6-23-15-11(22)10(21)9(20)7(5-19)24-15/h7-16,19-22H,5-6H2,1-4H3/t7-,8-,9-,10+,11-,12+,13+,14-,15?,16-/m1/s1. The van der Waals surface area contributed by atoms with Gasteiger partial charge in [0.15, 0.2) is 24.2 Å². The zero-order valence-electron chi connectivity index (χ0n) is 16.8. The maximum absolute atomic E-state index is 10.2. The van der Waals surface area contributed by atoms with Crippen LogP contribution in [0.15, 0.2) is 0 Å². The Hall–Kier alpha value is -0.440. The van der Waals surface area contributed by atoms with Gasteiger partial charge in [0.2, 0.25) is 0 Å². The van der Waals surface area contributed by atoms with Gasteiger partial charge >= 0.3 is 0 Å². The van der Waals surface area contributed by atoms with Crippen molar-refractivity contribution in [2.45, 2.75) is 101 Å². The fourth-order valence-corrected chi connectivity index (χ4v) is 4.22. The molecule has 29 heavy (non-hydrogen) atoms. The molecule has 0 radical (unpaired) electrons. The topological polar surface area (TPSA) is 146 Å². The summed E-state index contributed by atoms with van der Waals surface area (Å²) in [5.74, 6) is -1.70. The Kier molecular flexibility index (Phi) is 5.71. The van der Waals surface area contributed by atoms with E-state index in [4.69, 9.17) is 33.2 Å². The van der Waals surface area contributed by atoms with Crippen molar-refractivity contribution < 1.29 is 53.6 Å². The molecule has 1 unspecified atom stereocenters. The summed E-state index contributed by atoms with van der Waals surface area (Å²) in [6.07, 6.45) is -9.56. The number of aliphatic hydroxyl groups is 4. The number of ether oxygens (including phenoxy) is 7. The van der Waals surface area contributed by atoms with Crippen LogP contribution < -0.4 is 0 Å². The molecule has 0 aromatic heterocycles. The quantitative estimate of drug-likeness (QED) is 0.407. The van der Waals surface area contributed by atoms with Crippen LogP contribution in [-0.4, -0.2) is 107 Å². The van der Waals surface area contributed by atoms with Crippen LogP contribution in [-0.2, 0) is 33.2 Å². The van der Waals surface area contributed by atoms with E-state index in [1.54, 1.807) is 27.7 Å². The Bertz CT molecular complexity index is 596. The fourth-order valence-electron chi connectivity index (χ4n) is 4.22. The van der Waals surface area contributed by atoms with Gasteiger partial charge in [0.25, 0.3) is 0 Å². The highest BCUT2D eigenvalue weighted by Gasteiger charge is 2.61. The summed E-state index contributed by atoms with van der Waals surface area (Å²) < 4.78 is 40.8. The lowest BCUT2D eigenvalue weighted by Gasteiger charge is -2.41. The first kappa shape index (κ1) is 21.8. The van der Waals surface area contributed by atoms with Gasteiger partial charge in [0.1, 0.15) is 48.8 Å². The molecule has 4 fully saturated rings. The summed E-state index contributed by atoms with van der Waals surface area (Å²) in [6, 6.07) is 0. The molecule has 0 saturated carbocycles. The van der Waals surface area contributed by atoms with E-state index in [2.05, 4.69) is 0 Å². The molecule has 0 aromatic rings. The Balaban J connectivity index is 1.45. The van der Waals surface area contributed by atoms with E-state index in [-0.39, 0.29) is 6.61 Å². The first-order valence-corrected chi connectivity index (χ1v) is 9.80. The van der Waals surface area contributed by atoms with Gasteiger partial charge in [0.05, 0.1) is 13.2 Å². The summed E-state index contributed by atoms with van der Waals surface area (Å²) in [4.78, 5) is 0. The average Bonchev–Trinajstić information content (AvgIpc) is 3.13. The van der Waals surface area contributed by atoms with Gasteiger partial charge in [-0.15, -0.1) is 0 Å². The molecular weight excluding hydrogens is 392 g/mol. The average molecular weight is 422 g/mol. The second-order valence-electron chi connectivity index (χ2n) is 8.74. The van der Waals surface area contributed by atoms with Gasteiger partial charge in [0, 0.05) is 0 Å². The normalized spacial score (nSPS) is 50.9. The van der Waals surface area contributed by atoms with Gasteiger partial charge in [-0.3, -0.25) is 0 Å². The summed E-state index contributed by atoms with van der Waals surface area (Å²) in [6.45, 7) is 6.53. The van der Waals surface area contributed by atoms with Crippen LogP contribution in [0.3, 0.4) is 0 Å². The minimum atomic E-state index is -1.52. The molecule has 0 aromatic carbocycles. The zero-order valence-corrected chi connectivity index (χ0v) is 16.8. The van der Waals surface area contributed by atoms with Crippen LogP contribution in [0.1, 0.15) is 27.7 Å². The third-order valence-corrected chi connectivity index (χ3v) is 5.52. The molecule has 4 aliphatic rings. The summed E-state index contributed by atoms with van der Waals surface area (Å²) >= 11 is 0. The van der Waals surface area contributed by atoms with Gasteiger partial charge in [-0.25, -0.2) is 0 Å². The maximum Gasteiger partial charge on any atom is 0.190 e. The number of hydrogen-bond acceptors (Lipinski definition) is 11. The van der Waals surface area contributed by atoms with Crippen LogP contribution in [0.5, 0.6) is 0 Å². The minimum absolute atomic E-state index is 0.0731. The molecule has 0 bridgehead atoms. The first-order chi connectivity index (χ1) is 13.5. The highest BCUT2D eigenvalue weighted by atomic mass is 16.9. The molecule has 11 heteroatoms. The van der Waals surface area contributed by atoms with Crippen molar-refractivity contribution >= 4 is 0 Å². The van der Waals surface area contributed by atoms with E-state index >= 15 is 0 Å². The van der Waals surface area contributed by atoms with Gasteiger partial charge in [-0.1, -0.05) is 0 Å². The maximum atomic E-state index is 10.2. The first-order valence-electron chi connectivity index (χ1n) is 9.80. The van der Waals surface area contributed by atoms with E-state index in [0.29, 0.717) is 0 Å². The molecule has 4 rings (SSSR count). The molecule has 0 spiro atoms. The molecule has 4 saturated heterocycles. The minimum Gasteiger partial charge on any atom is -0.394 e. The van der Waals surface area contributed by atoms with Crippen molar-refractivity contribution in [2.24, 2.45) is 0 Å². The largest absolute Gasteiger partial charge is 0.394 e. The number of hydrogen-bond donors (Lipinski definition) is 4. The molecular formula is C18H30O11. The predicted octanol–water partition coefficient (Wildman–Crippen LogP) is -1.80. The van der Waals surface area contributed by atoms with Crippen molar-refractivity contribution in [3.8, 4) is 0 Å². The zero-order chi connectivity index (χ0) is 21.1. The van der Waals surface area contributed by atoms with Crippen LogP contribution in [0, 0.1) is 0 Å². The predicted molar refractivity (Wildman–Crippen MR) is 92.2 cm³/mol. The van der Waals surface area contributed by atoms with E-state index in [1.165, 1.54) is 0 Å². The fraction of sp³-hybridized carbons (Fsp3) is 1.00. The molecule has 0 aliphatic carbocycles. The highest BCUT2D eigenvalue weighted by Crippen LogP contribution is 2.44. The molecule has 11 nitrogen and oxygen atoms in total. The van der Waals surface area contributed by atoms with Gasteiger partial charge in [-0.2, -0.15) is 0 Å². The lowest BCUT2D eigenvalue weighted by Crippen LogP contribution is -2.60. The summed E-state index contributed by atoms with van der Waals surface area (Å²) in [5, 5.41) is 39.3. The van der Waals surface area contributed by atoms with Crippen LogP contribution >= 0.6 is 0 Å². The Morgan fingerprint density at radius 3 is 2.03 bits per heavy atom. The van der Waals surface area contributed by atoms with E-state index in [1.807, 2.05) is 0 Å². The van der Waals surface area contributed by atoms with Crippen molar-refractivity contribution in [1.82, 2.24) is 0 Å². The van der Waals surface area contributed by atoms with Crippen molar-refractivity contribution in [1.29, 1.82) is 0 Å². The van der Waals surface area contributed by atoms with Crippen LogP contribution in [0.25, 0.3) is 0 Å². The summed E-state index contributed by atoms with van der Waals surface area (Å²) in [7, 11) is 0. The molecule has 4 heterocycles. The molecule has 4 aliphatic heterocycles. The lowest BCUT2D eigenvalue weighted by molar-refractivity contribution is -0.315. The van der Waals surface area contributed by atoms with Crippen molar-refractivity contribution in [3.05, 3.63) is 0 Å². The SMILES string of the molecule is CC1(C)O[C@H]2[C@@H](O1)[C@@H](COC1O[C@H](CO)[C@@H](O)[C@H](O)[C@H]1O)O[C@@H]1OC(C)(C)O[C@@H]12. The van der Waals surface area contributed by atoms with Crippen LogP contribution in [0.4, 0.5) is 0 Å².